The van der Waals surface area contributed by atoms with Crippen LogP contribution in [0, 0.1) is 11.2 Å². The molecule has 0 bridgehead atoms. The Bertz CT molecular complexity index is 1610. The van der Waals surface area contributed by atoms with Gasteiger partial charge in [0, 0.05) is 71.9 Å². The van der Waals surface area contributed by atoms with E-state index in [9.17, 15) is 14.4 Å². The highest BCUT2D eigenvalue weighted by molar-refractivity contribution is 8.01. The molecule has 2 aromatic rings. The van der Waals surface area contributed by atoms with E-state index < -0.39 is 5.25 Å². The summed E-state index contributed by atoms with van der Waals surface area (Å²) in [6.07, 6.45) is 9.04. The Morgan fingerprint density at radius 2 is 1.60 bits per heavy atom. The lowest BCUT2D eigenvalue weighted by molar-refractivity contribution is -0.137. The number of hydrogen-bond acceptors (Lipinski definition) is 6. The van der Waals surface area contributed by atoms with Crippen molar-refractivity contribution in [2.45, 2.75) is 108 Å². The third-order valence-corrected chi connectivity index (χ3v) is 13.4. The van der Waals surface area contributed by atoms with Crippen molar-refractivity contribution < 1.29 is 21.6 Å². The van der Waals surface area contributed by atoms with E-state index in [4.69, 9.17) is 0 Å². The number of fused-ring (bicyclic) bond motifs is 1. The zero-order valence-corrected chi connectivity index (χ0v) is 32.1. The first-order chi connectivity index (χ1) is 25.1. The second kappa shape index (κ2) is 16.0. The quantitative estimate of drug-likeness (QED) is 0.301. The molecule has 5 heterocycles. The van der Waals surface area contributed by atoms with Gasteiger partial charge in [-0.1, -0.05) is 57.5 Å². The van der Waals surface area contributed by atoms with Crippen molar-refractivity contribution in [3.05, 3.63) is 59.4 Å². The minimum Gasteiger partial charge on any atom is -0.369 e. The summed E-state index contributed by atoms with van der Waals surface area (Å²) in [4.78, 5) is 51.8. The molecule has 2 aromatic carbocycles. The number of likely N-dealkylation sites (tertiary alicyclic amines) is 2. The molecule has 4 saturated heterocycles. The van der Waals surface area contributed by atoms with Crippen LogP contribution in [-0.2, 0) is 16.0 Å². The molecule has 5 aliphatic heterocycles. The van der Waals surface area contributed by atoms with Crippen LogP contribution < -0.4 is 10.2 Å². The number of benzene rings is 2. The van der Waals surface area contributed by atoms with E-state index >= 15 is 4.39 Å². The van der Waals surface area contributed by atoms with E-state index in [1.54, 1.807) is 12.1 Å². The van der Waals surface area contributed by atoms with Crippen LogP contribution in [0.3, 0.4) is 0 Å². The summed E-state index contributed by atoms with van der Waals surface area (Å²) in [6, 6.07) is 13.8. The number of urea groups is 1. The fourth-order valence-corrected chi connectivity index (χ4v) is 10.4. The van der Waals surface area contributed by atoms with Gasteiger partial charge in [-0.15, -0.1) is 11.8 Å². The number of halogens is 1. The fourth-order valence-electron chi connectivity index (χ4n) is 8.90. The smallest absolute Gasteiger partial charge is 0.322 e. The lowest BCUT2D eigenvalue weighted by Crippen LogP contribution is -2.50. The first kappa shape index (κ1) is 37.0. The minimum absolute atomic E-state index is 0. The number of nitrogens with one attached hydrogen (secondary N) is 1. The predicted molar refractivity (Wildman–Crippen MR) is 211 cm³/mol. The lowest BCUT2D eigenvalue weighted by Gasteiger charge is -2.42. The summed E-state index contributed by atoms with van der Waals surface area (Å²) < 4.78 is 15.9. The van der Waals surface area contributed by atoms with Crippen LogP contribution in [0.25, 0.3) is 0 Å². The zero-order valence-electron chi connectivity index (χ0n) is 31.3. The number of carbonyl (C=O) groups is 3. The van der Waals surface area contributed by atoms with Crippen LogP contribution in [0.5, 0.6) is 0 Å². The molecule has 5 aliphatic rings. The molecule has 0 radical (unpaired) electrons. The standard InChI is InChI=1S/C41H57FN6O3S.2H2/c1-41(2,3)19-27-48-38(50)35(28-36(49)45-22-17-31(18-23-45)47-26-14-29-10-5-6-13-34(29)43-40(47)51)52-39(48)32-11-9-12-33(42)37(32)46-24-15-30(16-25-46)44-20-7-4-8-21-44;;/h5-6,9-13,30-31,35,39H,4,7-8,14-28H2,1-3H3,(H,43,51);2*1H/t35-,39?;;/m0../s1. The van der Waals surface area contributed by atoms with Gasteiger partial charge in [-0.05, 0) is 87.6 Å². The number of amides is 4. The maximum Gasteiger partial charge on any atom is 0.322 e. The first-order valence-corrected chi connectivity index (χ1v) is 20.7. The van der Waals surface area contributed by atoms with Gasteiger partial charge in [-0.2, -0.15) is 0 Å². The molecule has 286 valence electrons. The summed E-state index contributed by atoms with van der Waals surface area (Å²) in [5.74, 6) is -0.280. The van der Waals surface area contributed by atoms with Crippen LogP contribution in [0.4, 0.5) is 20.6 Å². The number of rotatable bonds is 8. The Labute approximate surface area is 316 Å². The summed E-state index contributed by atoms with van der Waals surface area (Å²) in [5.41, 5.74) is 3.50. The van der Waals surface area contributed by atoms with Crippen molar-refractivity contribution in [3.8, 4) is 0 Å². The molecule has 1 unspecified atom stereocenters. The molecule has 11 heteroatoms. The molecule has 4 amide bonds. The normalized spacial score (nSPS) is 24.2. The average molecular weight is 737 g/mol. The average Bonchev–Trinajstić information content (AvgIpc) is 3.34. The number of hydrogen-bond donors (Lipinski definition) is 1. The molecule has 2 atom stereocenters. The molecule has 52 heavy (non-hydrogen) atoms. The molecular weight excluding hydrogens is 676 g/mol. The summed E-state index contributed by atoms with van der Waals surface area (Å²) >= 11 is 1.52. The molecule has 0 aromatic heterocycles. The number of para-hydroxylation sites is 2. The fraction of sp³-hybridized carbons (Fsp3) is 0.634. The zero-order chi connectivity index (χ0) is 36.4. The third kappa shape index (κ3) is 8.25. The van der Waals surface area contributed by atoms with Crippen LogP contribution in [0.15, 0.2) is 42.5 Å². The summed E-state index contributed by atoms with van der Waals surface area (Å²) in [7, 11) is 0. The van der Waals surface area contributed by atoms with Gasteiger partial charge in [-0.3, -0.25) is 9.59 Å². The Balaban J connectivity index is 0.00000280. The first-order valence-electron chi connectivity index (χ1n) is 19.7. The van der Waals surface area contributed by atoms with Crippen molar-refractivity contribution in [1.29, 1.82) is 0 Å². The summed E-state index contributed by atoms with van der Waals surface area (Å²) in [6.45, 7) is 12.8. The largest absolute Gasteiger partial charge is 0.369 e. The third-order valence-electron chi connectivity index (χ3n) is 12.0. The van der Waals surface area contributed by atoms with E-state index in [-0.39, 0.29) is 49.8 Å². The second-order valence-electron chi connectivity index (χ2n) is 16.7. The van der Waals surface area contributed by atoms with Gasteiger partial charge in [0.15, 0.2) is 0 Å². The maximum absolute atomic E-state index is 15.9. The molecule has 0 aliphatic carbocycles. The van der Waals surface area contributed by atoms with Gasteiger partial charge >= 0.3 is 6.03 Å². The van der Waals surface area contributed by atoms with Crippen LogP contribution in [0.1, 0.15) is 97.9 Å². The van der Waals surface area contributed by atoms with Gasteiger partial charge in [0.2, 0.25) is 11.8 Å². The molecule has 9 nitrogen and oxygen atoms in total. The van der Waals surface area contributed by atoms with Crippen molar-refractivity contribution in [2.24, 2.45) is 5.41 Å². The number of anilines is 2. The van der Waals surface area contributed by atoms with Gasteiger partial charge < -0.3 is 29.8 Å². The van der Waals surface area contributed by atoms with Gasteiger partial charge in [0.25, 0.3) is 0 Å². The lowest BCUT2D eigenvalue weighted by atomic mass is 9.92. The molecule has 0 saturated carbocycles. The topological polar surface area (TPSA) is 79.4 Å². The molecule has 0 spiro atoms. The Morgan fingerprint density at radius 3 is 2.33 bits per heavy atom. The van der Waals surface area contributed by atoms with Crippen molar-refractivity contribution in [3.63, 3.8) is 0 Å². The second-order valence-corrected chi connectivity index (χ2v) is 17.9. The molecule has 4 fully saturated rings. The number of thioether (sulfide) groups is 1. The van der Waals surface area contributed by atoms with E-state index in [0.717, 1.165) is 55.6 Å². The number of carbonyl (C=O) groups excluding carboxylic acids is 3. The monoisotopic (exact) mass is 736 g/mol. The minimum atomic E-state index is -0.522. The Morgan fingerprint density at radius 1 is 0.885 bits per heavy atom. The van der Waals surface area contributed by atoms with Crippen molar-refractivity contribution in [1.82, 2.24) is 19.6 Å². The SMILES string of the molecule is CC(C)(C)CCN1C(=O)[C@H](CC(=O)N2CCC(N3CCc4ccccc4NC3=O)CC2)SC1c1cccc(F)c1N1CCC(N2CCCCC2)CC1.[HH].[HH]. The molecule has 1 N–H and O–H groups in total. The van der Waals surface area contributed by atoms with Gasteiger partial charge in [0.1, 0.15) is 11.2 Å². The highest BCUT2D eigenvalue weighted by Crippen LogP contribution is 2.49. The maximum atomic E-state index is 15.9. The van der Waals surface area contributed by atoms with E-state index in [2.05, 4.69) is 42.0 Å². The van der Waals surface area contributed by atoms with E-state index in [1.807, 2.05) is 39.0 Å². The van der Waals surface area contributed by atoms with E-state index in [1.165, 1.54) is 44.1 Å². The predicted octanol–water partition coefficient (Wildman–Crippen LogP) is 7.62. The van der Waals surface area contributed by atoms with Gasteiger partial charge in [-0.25, -0.2) is 9.18 Å². The highest BCUT2D eigenvalue weighted by Gasteiger charge is 2.45. The highest BCUT2D eigenvalue weighted by atomic mass is 32.2. The van der Waals surface area contributed by atoms with Crippen molar-refractivity contribution in [2.75, 3.05) is 62.6 Å². The Hall–Kier alpha value is -3.31. The van der Waals surface area contributed by atoms with Crippen LogP contribution in [-0.4, -0.2) is 107 Å². The number of piperidine rings is 3. The van der Waals surface area contributed by atoms with E-state index in [0.29, 0.717) is 50.7 Å². The molecule has 7 rings (SSSR count). The molecular formula is C41H61FN6O3S. The van der Waals surface area contributed by atoms with Gasteiger partial charge in [0.05, 0.1) is 10.9 Å². The Kier molecular flexibility index (Phi) is 11.4. The summed E-state index contributed by atoms with van der Waals surface area (Å²) in [5, 5.41) is 2.20. The van der Waals surface area contributed by atoms with Crippen molar-refractivity contribution >= 4 is 41.0 Å². The van der Waals surface area contributed by atoms with Crippen LogP contribution in [0.2, 0.25) is 0 Å². The van der Waals surface area contributed by atoms with Crippen LogP contribution >= 0.6 is 11.8 Å². The number of nitrogens with zero attached hydrogens (tertiary/aromatic N) is 5.